The SMILES string of the molecule is CC(C)(C)OC(=O)NCC=Cc1ccc(C(=O)NN)s1. The molecule has 0 atom stereocenters. The molecular formula is C13H19N3O3S. The quantitative estimate of drug-likeness (QED) is 0.449. The maximum absolute atomic E-state index is 11.4. The van der Waals surface area contributed by atoms with E-state index in [9.17, 15) is 9.59 Å². The molecule has 0 fully saturated rings. The van der Waals surface area contributed by atoms with Crippen molar-refractivity contribution in [3.63, 3.8) is 0 Å². The van der Waals surface area contributed by atoms with Gasteiger partial charge in [-0.05, 0) is 39.0 Å². The van der Waals surface area contributed by atoms with Crippen LogP contribution >= 0.6 is 11.3 Å². The molecule has 1 rings (SSSR count). The van der Waals surface area contributed by atoms with Gasteiger partial charge in [-0.3, -0.25) is 10.2 Å². The van der Waals surface area contributed by atoms with Crippen molar-refractivity contribution in [2.24, 2.45) is 5.84 Å². The Balaban J connectivity index is 2.40. The van der Waals surface area contributed by atoms with Crippen LogP contribution in [-0.2, 0) is 4.74 Å². The number of hydrogen-bond acceptors (Lipinski definition) is 5. The summed E-state index contributed by atoms with van der Waals surface area (Å²) in [5.74, 6) is 4.73. The molecule has 0 radical (unpaired) electrons. The molecule has 7 heteroatoms. The van der Waals surface area contributed by atoms with Crippen LogP contribution in [0.15, 0.2) is 18.2 Å². The van der Waals surface area contributed by atoms with Crippen molar-refractivity contribution in [2.75, 3.05) is 6.54 Å². The number of hydrazine groups is 1. The predicted octanol–water partition coefficient (Wildman–Crippen LogP) is 1.89. The number of amides is 2. The third kappa shape index (κ3) is 5.85. The van der Waals surface area contributed by atoms with E-state index in [1.807, 2.05) is 6.08 Å². The van der Waals surface area contributed by atoms with E-state index < -0.39 is 11.7 Å². The van der Waals surface area contributed by atoms with Gasteiger partial charge in [0.05, 0.1) is 4.88 Å². The van der Waals surface area contributed by atoms with Crippen molar-refractivity contribution in [1.29, 1.82) is 0 Å². The first-order valence-electron chi connectivity index (χ1n) is 6.06. The van der Waals surface area contributed by atoms with Gasteiger partial charge in [-0.2, -0.15) is 0 Å². The summed E-state index contributed by atoms with van der Waals surface area (Å²) in [5, 5.41) is 2.61. The minimum absolute atomic E-state index is 0.318. The van der Waals surface area contributed by atoms with Gasteiger partial charge >= 0.3 is 6.09 Å². The Morgan fingerprint density at radius 1 is 1.40 bits per heavy atom. The highest BCUT2D eigenvalue weighted by Crippen LogP contribution is 2.17. The molecule has 0 saturated carbocycles. The lowest BCUT2D eigenvalue weighted by Gasteiger charge is -2.19. The molecule has 20 heavy (non-hydrogen) atoms. The second-order valence-corrected chi connectivity index (χ2v) is 6.08. The fourth-order valence-corrected chi connectivity index (χ4v) is 2.11. The van der Waals surface area contributed by atoms with Crippen LogP contribution in [0.2, 0.25) is 0 Å². The molecule has 1 heterocycles. The second-order valence-electron chi connectivity index (χ2n) is 4.96. The van der Waals surface area contributed by atoms with E-state index in [0.717, 1.165) is 4.88 Å². The zero-order chi connectivity index (χ0) is 15.2. The molecule has 0 aliphatic carbocycles. The van der Waals surface area contributed by atoms with E-state index in [0.29, 0.717) is 11.4 Å². The molecule has 0 aromatic carbocycles. The number of carbonyl (C=O) groups excluding carboxylic acids is 2. The summed E-state index contributed by atoms with van der Waals surface area (Å²) in [6.45, 7) is 5.76. The summed E-state index contributed by atoms with van der Waals surface area (Å²) < 4.78 is 5.09. The minimum Gasteiger partial charge on any atom is -0.444 e. The lowest BCUT2D eigenvalue weighted by atomic mass is 10.2. The van der Waals surface area contributed by atoms with Crippen LogP contribution in [0.25, 0.3) is 6.08 Å². The molecule has 0 aliphatic rings. The standard InChI is InChI=1S/C13H19N3O3S/c1-13(2,3)19-12(18)15-8-4-5-9-6-7-10(20-9)11(17)16-14/h4-7H,8,14H2,1-3H3,(H,15,18)(H,16,17). The molecule has 0 spiro atoms. The number of ether oxygens (including phenoxy) is 1. The topological polar surface area (TPSA) is 93.4 Å². The van der Waals surface area contributed by atoms with Gasteiger partial charge in [0.2, 0.25) is 0 Å². The molecule has 0 unspecified atom stereocenters. The van der Waals surface area contributed by atoms with Crippen LogP contribution in [0.1, 0.15) is 35.3 Å². The van der Waals surface area contributed by atoms with E-state index >= 15 is 0 Å². The number of thiophene rings is 1. The Bertz CT molecular complexity index is 503. The first-order valence-corrected chi connectivity index (χ1v) is 6.87. The van der Waals surface area contributed by atoms with Gasteiger partial charge in [0.15, 0.2) is 0 Å². The number of rotatable bonds is 4. The Labute approximate surface area is 122 Å². The fraction of sp³-hybridized carbons (Fsp3) is 0.385. The second kappa shape index (κ2) is 7.06. The van der Waals surface area contributed by atoms with E-state index in [-0.39, 0.29) is 5.91 Å². The van der Waals surface area contributed by atoms with Crippen molar-refractivity contribution in [1.82, 2.24) is 10.7 Å². The summed E-state index contributed by atoms with van der Waals surface area (Å²) in [5.41, 5.74) is 1.56. The monoisotopic (exact) mass is 297 g/mol. The molecule has 0 saturated heterocycles. The smallest absolute Gasteiger partial charge is 0.407 e. The molecule has 0 aliphatic heterocycles. The van der Waals surface area contributed by atoms with Crippen molar-refractivity contribution in [3.05, 3.63) is 28.0 Å². The van der Waals surface area contributed by atoms with E-state index in [1.165, 1.54) is 11.3 Å². The molecule has 6 nitrogen and oxygen atoms in total. The molecule has 0 bridgehead atoms. The van der Waals surface area contributed by atoms with Gasteiger partial charge in [-0.1, -0.05) is 6.08 Å². The van der Waals surface area contributed by atoms with Gasteiger partial charge in [0, 0.05) is 11.4 Å². The Morgan fingerprint density at radius 2 is 2.10 bits per heavy atom. The van der Waals surface area contributed by atoms with Gasteiger partial charge in [-0.15, -0.1) is 11.3 Å². The van der Waals surface area contributed by atoms with Gasteiger partial charge < -0.3 is 10.1 Å². The average Bonchev–Trinajstić information content (AvgIpc) is 2.80. The van der Waals surface area contributed by atoms with Crippen molar-refractivity contribution in [3.8, 4) is 0 Å². The summed E-state index contributed by atoms with van der Waals surface area (Å²) in [4.78, 5) is 24.1. The highest BCUT2D eigenvalue weighted by molar-refractivity contribution is 7.14. The van der Waals surface area contributed by atoms with E-state index in [1.54, 1.807) is 39.0 Å². The number of carbonyl (C=O) groups is 2. The predicted molar refractivity (Wildman–Crippen MR) is 79.2 cm³/mol. The average molecular weight is 297 g/mol. The maximum atomic E-state index is 11.4. The molecule has 2 amide bonds. The molecule has 4 N–H and O–H groups in total. The third-order valence-corrected chi connectivity index (χ3v) is 3.08. The van der Waals surface area contributed by atoms with Crippen molar-refractivity contribution < 1.29 is 14.3 Å². The zero-order valence-electron chi connectivity index (χ0n) is 11.7. The number of nitrogens with two attached hydrogens (primary N) is 1. The van der Waals surface area contributed by atoms with E-state index in [4.69, 9.17) is 10.6 Å². The van der Waals surface area contributed by atoms with Crippen LogP contribution < -0.4 is 16.6 Å². The lowest BCUT2D eigenvalue weighted by molar-refractivity contribution is 0.0534. The third-order valence-electron chi connectivity index (χ3n) is 2.03. The molecule has 1 aromatic rings. The Hall–Kier alpha value is -1.86. The van der Waals surface area contributed by atoms with E-state index in [2.05, 4.69) is 10.7 Å². The zero-order valence-corrected chi connectivity index (χ0v) is 12.5. The van der Waals surface area contributed by atoms with Gasteiger partial charge in [0.25, 0.3) is 5.91 Å². The summed E-state index contributed by atoms with van der Waals surface area (Å²) in [6.07, 6.45) is 3.13. The largest absolute Gasteiger partial charge is 0.444 e. The van der Waals surface area contributed by atoms with Gasteiger partial charge in [-0.25, -0.2) is 10.6 Å². The first kappa shape index (κ1) is 16.2. The van der Waals surface area contributed by atoms with Crippen LogP contribution in [0.3, 0.4) is 0 Å². The van der Waals surface area contributed by atoms with Crippen LogP contribution in [0.5, 0.6) is 0 Å². The molecular weight excluding hydrogens is 278 g/mol. The Morgan fingerprint density at radius 3 is 2.70 bits per heavy atom. The highest BCUT2D eigenvalue weighted by atomic mass is 32.1. The number of nitrogens with one attached hydrogen (secondary N) is 2. The molecule has 110 valence electrons. The summed E-state index contributed by atoms with van der Waals surface area (Å²) in [6, 6.07) is 3.49. The number of hydrogen-bond donors (Lipinski definition) is 3. The summed E-state index contributed by atoms with van der Waals surface area (Å²) >= 11 is 1.31. The van der Waals surface area contributed by atoms with Crippen LogP contribution in [0.4, 0.5) is 4.79 Å². The van der Waals surface area contributed by atoms with Gasteiger partial charge in [0.1, 0.15) is 5.60 Å². The van der Waals surface area contributed by atoms with Crippen molar-refractivity contribution >= 4 is 29.4 Å². The normalized spacial score (nSPS) is 11.4. The lowest BCUT2D eigenvalue weighted by Crippen LogP contribution is -2.32. The fourth-order valence-electron chi connectivity index (χ4n) is 1.27. The maximum Gasteiger partial charge on any atom is 0.407 e. The Kier molecular flexibility index (Phi) is 5.72. The highest BCUT2D eigenvalue weighted by Gasteiger charge is 2.14. The van der Waals surface area contributed by atoms with Crippen LogP contribution in [0, 0.1) is 0 Å². The minimum atomic E-state index is -0.508. The first-order chi connectivity index (χ1) is 9.31. The summed E-state index contributed by atoms with van der Waals surface area (Å²) in [7, 11) is 0. The number of alkyl carbamates (subject to hydrolysis) is 1. The van der Waals surface area contributed by atoms with Crippen LogP contribution in [-0.4, -0.2) is 24.1 Å². The molecule has 1 aromatic heterocycles. The van der Waals surface area contributed by atoms with Crippen molar-refractivity contribution in [2.45, 2.75) is 26.4 Å². The number of nitrogen functional groups attached to an aromatic ring is 1.